The average Bonchev–Trinajstić information content (AvgIpc) is 3.23. The van der Waals surface area contributed by atoms with Gasteiger partial charge in [0, 0.05) is 10.6 Å². The number of aromatic nitrogens is 2. The third-order valence-corrected chi connectivity index (χ3v) is 3.59. The van der Waals surface area contributed by atoms with E-state index in [4.69, 9.17) is 16.0 Å². The second-order valence-corrected chi connectivity index (χ2v) is 5.57. The first-order chi connectivity index (χ1) is 12.0. The van der Waals surface area contributed by atoms with Gasteiger partial charge in [0.25, 0.3) is 0 Å². The molecule has 0 unspecified atom stereocenters. The van der Waals surface area contributed by atoms with Crippen LogP contribution in [0.1, 0.15) is 21.9 Å². The maximum atomic E-state index is 12.0. The predicted molar refractivity (Wildman–Crippen MR) is 91.5 cm³/mol. The van der Waals surface area contributed by atoms with Crippen LogP contribution in [0, 0.1) is 10.1 Å². The SMILES string of the molecule is O=C(/C=C/c1ccc(Cn2ccc([N+](=O)[O-])n2)o1)c1ccc(Cl)cc1. The lowest BCUT2D eigenvalue weighted by atomic mass is 10.1. The highest BCUT2D eigenvalue weighted by Gasteiger charge is 2.12. The van der Waals surface area contributed by atoms with Crippen molar-refractivity contribution in [1.82, 2.24) is 9.78 Å². The minimum absolute atomic E-state index is 0.169. The van der Waals surface area contributed by atoms with Crippen molar-refractivity contribution in [2.45, 2.75) is 6.54 Å². The highest BCUT2D eigenvalue weighted by Crippen LogP contribution is 2.14. The molecule has 0 aliphatic rings. The lowest BCUT2D eigenvalue weighted by molar-refractivity contribution is -0.389. The number of halogens is 1. The second kappa shape index (κ2) is 7.14. The first kappa shape index (κ1) is 16.7. The molecule has 126 valence electrons. The fourth-order valence-corrected chi connectivity index (χ4v) is 2.26. The lowest BCUT2D eigenvalue weighted by Crippen LogP contribution is -2.00. The molecule has 1 aromatic carbocycles. The van der Waals surface area contributed by atoms with Gasteiger partial charge in [0.15, 0.2) is 5.78 Å². The van der Waals surface area contributed by atoms with Gasteiger partial charge in [-0.05, 0) is 53.5 Å². The van der Waals surface area contributed by atoms with E-state index >= 15 is 0 Å². The Morgan fingerprint density at radius 3 is 2.68 bits per heavy atom. The zero-order valence-electron chi connectivity index (χ0n) is 12.8. The van der Waals surface area contributed by atoms with E-state index in [0.717, 1.165) is 0 Å². The summed E-state index contributed by atoms with van der Waals surface area (Å²) < 4.78 is 6.98. The number of furan rings is 1. The molecule has 0 fully saturated rings. The number of nitro groups is 1. The Bertz CT molecular complexity index is 941. The highest BCUT2D eigenvalue weighted by molar-refractivity contribution is 6.30. The van der Waals surface area contributed by atoms with Gasteiger partial charge in [0.2, 0.25) is 0 Å². The molecular weight excluding hydrogens is 346 g/mol. The molecule has 2 aromatic heterocycles. The molecule has 3 rings (SSSR count). The van der Waals surface area contributed by atoms with Crippen molar-refractivity contribution in [1.29, 1.82) is 0 Å². The van der Waals surface area contributed by atoms with E-state index in [1.165, 1.54) is 23.0 Å². The largest absolute Gasteiger partial charge is 0.460 e. The quantitative estimate of drug-likeness (QED) is 0.288. The molecular formula is C17H12ClN3O4. The smallest absolute Gasteiger partial charge is 0.389 e. The number of hydrogen-bond acceptors (Lipinski definition) is 5. The van der Waals surface area contributed by atoms with Crippen LogP contribution in [0.2, 0.25) is 5.02 Å². The molecule has 3 aromatic rings. The van der Waals surface area contributed by atoms with Crippen LogP contribution in [-0.4, -0.2) is 20.5 Å². The molecule has 0 atom stereocenters. The molecule has 0 radical (unpaired) electrons. The van der Waals surface area contributed by atoms with Crippen LogP contribution in [0.15, 0.2) is 59.2 Å². The van der Waals surface area contributed by atoms with E-state index in [-0.39, 0.29) is 18.1 Å². The van der Waals surface area contributed by atoms with Crippen LogP contribution in [0.3, 0.4) is 0 Å². The van der Waals surface area contributed by atoms with Crippen LogP contribution >= 0.6 is 11.6 Å². The summed E-state index contributed by atoms with van der Waals surface area (Å²) in [6.07, 6.45) is 4.47. The number of carbonyl (C=O) groups excluding carboxylic acids is 1. The van der Waals surface area contributed by atoms with Crippen LogP contribution < -0.4 is 0 Å². The molecule has 25 heavy (non-hydrogen) atoms. The van der Waals surface area contributed by atoms with Gasteiger partial charge < -0.3 is 14.5 Å². The summed E-state index contributed by atoms with van der Waals surface area (Å²) in [5.41, 5.74) is 0.524. The highest BCUT2D eigenvalue weighted by atomic mass is 35.5. The third kappa shape index (κ3) is 4.21. The van der Waals surface area contributed by atoms with Crippen LogP contribution in [0.25, 0.3) is 6.08 Å². The Kier molecular flexibility index (Phi) is 4.76. The van der Waals surface area contributed by atoms with Gasteiger partial charge in [-0.15, -0.1) is 0 Å². The molecule has 0 saturated heterocycles. The molecule has 2 heterocycles. The van der Waals surface area contributed by atoms with Gasteiger partial charge in [-0.2, -0.15) is 4.68 Å². The molecule has 0 bridgehead atoms. The zero-order valence-corrected chi connectivity index (χ0v) is 13.6. The molecule has 0 aliphatic heterocycles. The Balaban J connectivity index is 1.65. The van der Waals surface area contributed by atoms with E-state index < -0.39 is 4.92 Å². The minimum atomic E-state index is -0.560. The van der Waals surface area contributed by atoms with E-state index in [0.29, 0.717) is 22.1 Å². The van der Waals surface area contributed by atoms with Gasteiger partial charge in [-0.3, -0.25) is 4.79 Å². The Labute approximate surface area is 147 Å². The number of nitrogens with zero attached hydrogens (tertiary/aromatic N) is 3. The van der Waals surface area contributed by atoms with Crippen molar-refractivity contribution in [3.63, 3.8) is 0 Å². The maximum Gasteiger partial charge on any atom is 0.389 e. The first-order valence-electron chi connectivity index (χ1n) is 7.26. The fraction of sp³-hybridized carbons (Fsp3) is 0.0588. The standard InChI is InChI=1S/C17H12ClN3O4/c18-13-3-1-12(2-4-13)16(22)8-7-14-5-6-15(25-14)11-20-10-9-17(19-20)21(23)24/h1-10H,11H2/b8-7+. The van der Waals surface area contributed by atoms with Crippen LogP contribution in [0.4, 0.5) is 5.82 Å². The lowest BCUT2D eigenvalue weighted by Gasteiger charge is -1.95. The second-order valence-electron chi connectivity index (χ2n) is 5.14. The van der Waals surface area contributed by atoms with Crippen molar-refractivity contribution in [3.8, 4) is 0 Å². The van der Waals surface area contributed by atoms with Crippen molar-refractivity contribution in [2.24, 2.45) is 0 Å². The molecule has 0 N–H and O–H groups in total. The summed E-state index contributed by atoms with van der Waals surface area (Å²) in [5.74, 6) is 0.674. The molecule has 0 amide bonds. The molecule has 8 heteroatoms. The van der Waals surface area contributed by atoms with Gasteiger partial charge in [-0.1, -0.05) is 11.6 Å². The fourth-order valence-electron chi connectivity index (χ4n) is 2.13. The summed E-state index contributed by atoms with van der Waals surface area (Å²) in [4.78, 5) is 22.1. The van der Waals surface area contributed by atoms with Crippen molar-refractivity contribution >= 4 is 29.3 Å². The number of allylic oxidation sites excluding steroid dienone is 1. The molecule has 0 saturated carbocycles. The number of carbonyl (C=O) groups is 1. The van der Waals surface area contributed by atoms with Gasteiger partial charge >= 0.3 is 5.82 Å². The summed E-state index contributed by atoms with van der Waals surface area (Å²) in [6, 6.07) is 11.3. The summed E-state index contributed by atoms with van der Waals surface area (Å²) >= 11 is 5.79. The normalized spacial score (nSPS) is 11.1. The summed E-state index contributed by atoms with van der Waals surface area (Å²) in [7, 11) is 0. The summed E-state index contributed by atoms with van der Waals surface area (Å²) in [6.45, 7) is 0.257. The third-order valence-electron chi connectivity index (χ3n) is 3.34. The van der Waals surface area contributed by atoms with E-state index in [2.05, 4.69) is 5.10 Å². The van der Waals surface area contributed by atoms with Crippen molar-refractivity contribution < 1.29 is 14.1 Å². The molecule has 0 spiro atoms. The minimum Gasteiger partial charge on any atom is -0.460 e. The van der Waals surface area contributed by atoms with Gasteiger partial charge in [0.05, 0.1) is 17.4 Å². The van der Waals surface area contributed by atoms with Crippen LogP contribution in [0.5, 0.6) is 0 Å². The van der Waals surface area contributed by atoms with E-state index in [1.54, 1.807) is 42.5 Å². The predicted octanol–water partition coefficient (Wildman–Crippen LogP) is 3.98. The number of benzene rings is 1. The van der Waals surface area contributed by atoms with Crippen molar-refractivity contribution in [2.75, 3.05) is 0 Å². The first-order valence-corrected chi connectivity index (χ1v) is 7.63. The van der Waals surface area contributed by atoms with Gasteiger partial charge in [-0.25, -0.2) is 0 Å². The topological polar surface area (TPSA) is 91.2 Å². The summed E-state index contributed by atoms with van der Waals surface area (Å²) in [5, 5.41) is 15.0. The molecule has 7 nitrogen and oxygen atoms in total. The average molecular weight is 358 g/mol. The van der Waals surface area contributed by atoms with E-state index in [1.807, 2.05) is 0 Å². The Hall–Kier alpha value is -3.19. The van der Waals surface area contributed by atoms with E-state index in [9.17, 15) is 14.9 Å². The molecule has 0 aliphatic carbocycles. The van der Waals surface area contributed by atoms with Crippen molar-refractivity contribution in [3.05, 3.63) is 87.0 Å². The van der Waals surface area contributed by atoms with Gasteiger partial charge in [0.1, 0.15) is 18.1 Å². The zero-order chi connectivity index (χ0) is 17.8. The maximum absolute atomic E-state index is 12.0. The Morgan fingerprint density at radius 2 is 2.00 bits per heavy atom. The monoisotopic (exact) mass is 357 g/mol. The van der Waals surface area contributed by atoms with Crippen LogP contribution in [-0.2, 0) is 6.54 Å². The number of hydrogen-bond donors (Lipinski definition) is 0. The Morgan fingerprint density at radius 1 is 1.24 bits per heavy atom. The number of rotatable bonds is 6. The number of ketones is 1.